The van der Waals surface area contributed by atoms with E-state index in [-0.39, 0.29) is 17.6 Å². The van der Waals surface area contributed by atoms with Crippen LogP contribution in [0.25, 0.3) is 11.4 Å². The van der Waals surface area contributed by atoms with Gasteiger partial charge < -0.3 is 9.84 Å². The van der Waals surface area contributed by atoms with Crippen molar-refractivity contribution in [3.05, 3.63) is 71.4 Å². The summed E-state index contributed by atoms with van der Waals surface area (Å²) >= 11 is 1.69. The largest absolute Gasteiger partial charge is 0.356 e. The smallest absolute Gasteiger partial charge is 0.241 e. The number of likely N-dealkylation sites (tertiary alicyclic amines) is 1. The van der Waals surface area contributed by atoms with E-state index in [0.717, 1.165) is 48.3 Å². The summed E-state index contributed by atoms with van der Waals surface area (Å²) in [6.45, 7) is 4.83. The molecule has 0 bridgehead atoms. The molecule has 4 rings (SSSR count). The van der Waals surface area contributed by atoms with Crippen LogP contribution in [0.5, 0.6) is 0 Å². The molecule has 1 aliphatic rings. The molecule has 8 heteroatoms. The zero-order chi connectivity index (χ0) is 23.8. The minimum atomic E-state index is -0.155. The zero-order valence-corrected chi connectivity index (χ0v) is 20.3. The highest BCUT2D eigenvalue weighted by Gasteiger charge is 2.26. The van der Waals surface area contributed by atoms with Gasteiger partial charge >= 0.3 is 0 Å². The molecule has 1 amide bonds. The van der Waals surface area contributed by atoms with E-state index in [9.17, 15) is 9.18 Å². The number of benzene rings is 2. The van der Waals surface area contributed by atoms with Crippen molar-refractivity contribution in [3.63, 3.8) is 0 Å². The predicted molar refractivity (Wildman–Crippen MR) is 133 cm³/mol. The van der Waals surface area contributed by atoms with Crippen LogP contribution in [0.1, 0.15) is 36.3 Å². The molecule has 0 saturated carbocycles. The third kappa shape index (κ3) is 6.67. The number of halogens is 1. The maximum Gasteiger partial charge on any atom is 0.241 e. The van der Waals surface area contributed by atoms with E-state index in [1.54, 1.807) is 17.8 Å². The van der Waals surface area contributed by atoms with Crippen molar-refractivity contribution in [2.24, 2.45) is 5.92 Å². The SMILES string of the molecule is Cc1ccccc1-c1noc(CN2CCCC(C(=O)NCCCSCc3ccccc3F)C2)n1. The van der Waals surface area contributed by atoms with Crippen LogP contribution < -0.4 is 5.32 Å². The lowest BCUT2D eigenvalue weighted by molar-refractivity contribution is -0.126. The van der Waals surface area contributed by atoms with Crippen LogP contribution in [0.2, 0.25) is 0 Å². The summed E-state index contributed by atoms with van der Waals surface area (Å²) in [6, 6.07) is 14.8. The monoisotopic (exact) mass is 482 g/mol. The Morgan fingerprint density at radius 1 is 1.24 bits per heavy atom. The first kappa shape index (κ1) is 24.4. The second-order valence-corrected chi connectivity index (χ2v) is 9.79. The molecule has 180 valence electrons. The third-order valence-corrected chi connectivity index (χ3v) is 7.16. The highest BCUT2D eigenvalue weighted by Crippen LogP contribution is 2.22. The fourth-order valence-electron chi connectivity index (χ4n) is 4.18. The van der Waals surface area contributed by atoms with E-state index in [1.165, 1.54) is 6.07 Å². The van der Waals surface area contributed by atoms with Gasteiger partial charge in [-0.05, 0) is 55.7 Å². The van der Waals surface area contributed by atoms with Crippen molar-refractivity contribution in [1.29, 1.82) is 0 Å². The average Bonchev–Trinajstić information content (AvgIpc) is 3.30. The first-order valence-electron chi connectivity index (χ1n) is 11.8. The highest BCUT2D eigenvalue weighted by atomic mass is 32.2. The second kappa shape index (κ2) is 12.1. The van der Waals surface area contributed by atoms with Gasteiger partial charge in [-0.2, -0.15) is 16.7 Å². The van der Waals surface area contributed by atoms with Crippen LogP contribution in [-0.2, 0) is 17.1 Å². The molecular formula is C26H31FN4O2S. The third-order valence-electron chi connectivity index (χ3n) is 6.07. The summed E-state index contributed by atoms with van der Waals surface area (Å²) in [4.78, 5) is 19.5. The van der Waals surface area contributed by atoms with Crippen LogP contribution in [0.15, 0.2) is 53.1 Å². The fourth-order valence-corrected chi connectivity index (χ4v) is 5.13. The van der Waals surface area contributed by atoms with Crippen LogP contribution in [-0.4, -0.2) is 46.3 Å². The van der Waals surface area contributed by atoms with Gasteiger partial charge in [-0.1, -0.05) is 47.6 Å². The molecule has 3 aromatic rings. The minimum absolute atomic E-state index is 0.0291. The molecule has 34 heavy (non-hydrogen) atoms. The Kier molecular flexibility index (Phi) is 8.71. The van der Waals surface area contributed by atoms with Gasteiger partial charge in [0.1, 0.15) is 5.82 Å². The Balaban J connectivity index is 1.17. The van der Waals surface area contributed by atoms with Crippen molar-refractivity contribution in [2.45, 2.75) is 38.5 Å². The number of aryl methyl sites for hydroxylation is 1. The number of rotatable bonds is 10. The minimum Gasteiger partial charge on any atom is -0.356 e. The van der Waals surface area contributed by atoms with Crippen molar-refractivity contribution in [1.82, 2.24) is 20.4 Å². The van der Waals surface area contributed by atoms with Crippen molar-refractivity contribution < 1.29 is 13.7 Å². The quantitative estimate of drug-likeness (QED) is 0.417. The number of nitrogens with one attached hydrogen (secondary N) is 1. The molecule has 1 unspecified atom stereocenters. The van der Waals surface area contributed by atoms with Gasteiger partial charge in [0.2, 0.25) is 17.6 Å². The molecular weight excluding hydrogens is 451 g/mol. The zero-order valence-electron chi connectivity index (χ0n) is 19.5. The van der Waals surface area contributed by atoms with E-state index >= 15 is 0 Å². The van der Waals surface area contributed by atoms with Crippen molar-refractivity contribution >= 4 is 17.7 Å². The van der Waals surface area contributed by atoms with Gasteiger partial charge in [-0.3, -0.25) is 9.69 Å². The van der Waals surface area contributed by atoms with Gasteiger partial charge in [0.15, 0.2) is 0 Å². The maximum atomic E-state index is 13.7. The Labute approximate surface area is 204 Å². The van der Waals surface area contributed by atoms with Gasteiger partial charge in [0.05, 0.1) is 12.5 Å². The topological polar surface area (TPSA) is 71.3 Å². The number of hydrogen-bond acceptors (Lipinski definition) is 6. The second-order valence-electron chi connectivity index (χ2n) is 8.69. The van der Waals surface area contributed by atoms with Gasteiger partial charge in [0, 0.05) is 24.4 Å². The first-order valence-corrected chi connectivity index (χ1v) is 13.0. The molecule has 1 atom stereocenters. The van der Waals surface area contributed by atoms with Gasteiger partial charge in [-0.15, -0.1) is 0 Å². The highest BCUT2D eigenvalue weighted by molar-refractivity contribution is 7.98. The molecule has 1 aromatic heterocycles. The Hall–Kier alpha value is -2.71. The van der Waals surface area contributed by atoms with E-state index in [2.05, 4.69) is 20.4 Å². The van der Waals surface area contributed by atoms with Crippen molar-refractivity contribution in [3.8, 4) is 11.4 Å². The normalized spacial score (nSPS) is 16.5. The average molecular weight is 483 g/mol. The number of thioether (sulfide) groups is 1. The molecule has 1 saturated heterocycles. The lowest BCUT2D eigenvalue weighted by Crippen LogP contribution is -2.43. The number of nitrogens with zero attached hydrogens (tertiary/aromatic N) is 3. The standard InChI is InChI=1S/C26H31FN4O2S/c1-19-8-2-4-11-22(19)25-29-24(33-30-25)17-31-14-6-10-20(16-31)26(32)28-13-7-15-34-18-21-9-3-5-12-23(21)27/h2-5,8-9,11-12,20H,6-7,10,13-18H2,1H3,(H,28,32). The van der Waals surface area contributed by atoms with Crippen LogP contribution in [0, 0.1) is 18.7 Å². The molecule has 0 aliphatic carbocycles. The Morgan fingerprint density at radius 3 is 2.91 bits per heavy atom. The van der Waals surface area contributed by atoms with E-state index in [1.807, 2.05) is 43.3 Å². The molecule has 0 spiro atoms. The van der Waals surface area contributed by atoms with Gasteiger partial charge in [0.25, 0.3) is 0 Å². The fraction of sp³-hybridized carbons (Fsp3) is 0.423. The molecule has 1 fully saturated rings. The summed E-state index contributed by atoms with van der Waals surface area (Å²) in [7, 11) is 0. The Morgan fingerprint density at radius 2 is 2.06 bits per heavy atom. The molecule has 2 heterocycles. The summed E-state index contributed by atoms with van der Waals surface area (Å²) in [5, 5.41) is 7.22. The van der Waals surface area contributed by atoms with Crippen LogP contribution >= 0.6 is 11.8 Å². The molecule has 6 nitrogen and oxygen atoms in total. The van der Waals surface area contributed by atoms with Crippen LogP contribution in [0.4, 0.5) is 4.39 Å². The predicted octanol–water partition coefficient (Wildman–Crippen LogP) is 4.84. The number of carbonyl (C=O) groups is 1. The number of carbonyl (C=O) groups excluding carboxylic acids is 1. The van der Waals surface area contributed by atoms with Crippen LogP contribution in [0.3, 0.4) is 0 Å². The number of piperidine rings is 1. The van der Waals surface area contributed by atoms with Crippen molar-refractivity contribution in [2.75, 3.05) is 25.4 Å². The molecule has 1 aliphatic heterocycles. The van der Waals surface area contributed by atoms with E-state index < -0.39 is 0 Å². The summed E-state index contributed by atoms with van der Waals surface area (Å²) in [5.74, 6) is 2.63. The number of aromatic nitrogens is 2. The molecule has 0 radical (unpaired) electrons. The number of amides is 1. The summed E-state index contributed by atoms with van der Waals surface area (Å²) < 4.78 is 19.1. The molecule has 2 aromatic carbocycles. The lowest BCUT2D eigenvalue weighted by Gasteiger charge is -2.30. The first-order chi connectivity index (χ1) is 16.6. The lowest BCUT2D eigenvalue weighted by atomic mass is 9.97. The molecule has 1 N–H and O–H groups in total. The van der Waals surface area contributed by atoms with E-state index in [4.69, 9.17) is 4.52 Å². The number of hydrogen-bond donors (Lipinski definition) is 1. The summed E-state index contributed by atoms with van der Waals surface area (Å²) in [5.41, 5.74) is 2.81. The summed E-state index contributed by atoms with van der Waals surface area (Å²) in [6.07, 6.45) is 2.73. The Bertz CT molecular complexity index is 1090. The van der Waals surface area contributed by atoms with E-state index in [0.29, 0.717) is 37.1 Å². The maximum absolute atomic E-state index is 13.7. The van der Waals surface area contributed by atoms with Gasteiger partial charge in [-0.25, -0.2) is 4.39 Å².